The summed E-state index contributed by atoms with van der Waals surface area (Å²) in [5.41, 5.74) is 3.02. The summed E-state index contributed by atoms with van der Waals surface area (Å²) < 4.78 is 5.74. The monoisotopic (exact) mass is 364 g/mol. The minimum Gasteiger partial charge on any atom is -0.493 e. The van der Waals surface area contributed by atoms with Crippen molar-refractivity contribution in [2.75, 3.05) is 6.61 Å². The summed E-state index contributed by atoms with van der Waals surface area (Å²) in [4.78, 5) is 20.0. The molecule has 1 atom stereocenters. The van der Waals surface area contributed by atoms with Crippen molar-refractivity contribution >= 4 is 5.97 Å². The van der Waals surface area contributed by atoms with Crippen LogP contribution in [-0.4, -0.2) is 27.7 Å². The molecule has 0 radical (unpaired) electrons. The highest BCUT2D eigenvalue weighted by Crippen LogP contribution is 2.38. The predicted octanol–water partition coefficient (Wildman–Crippen LogP) is 3.90. The van der Waals surface area contributed by atoms with E-state index in [1.54, 1.807) is 6.20 Å². The number of carbonyl (C=O) groups is 1. The van der Waals surface area contributed by atoms with Gasteiger partial charge in [0.05, 0.1) is 18.5 Å². The van der Waals surface area contributed by atoms with Gasteiger partial charge in [-0.1, -0.05) is 33.1 Å². The van der Waals surface area contributed by atoms with Gasteiger partial charge in [0.1, 0.15) is 17.4 Å². The Labute approximate surface area is 159 Å². The molecule has 1 N–H and O–H groups in total. The van der Waals surface area contributed by atoms with Crippen LogP contribution in [0.1, 0.15) is 68.5 Å². The van der Waals surface area contributed by atoms with Crippen LogP contribution < -0.4 is 4.74 Å². The molecule has 1 unspecified atom stereocenters. The SMILES string of the molecule is CCCC(C(=O)O)c1cncc(C#Cc2ccc3c(c2)C(C)(C)CCO3)n1. The van der Waals surface area contributed by atoms with Crippen LogP contribution in [0, 0.1) is 11.8 Å². The Morgan fingerprint density at radius 1 is 1.33 bits per heavy atom. The zero-order valence-electron chi connectivity index (χ0n) is 16.0. The van der Waals surface area contributed by atoms with Crippen molar-refractivity contribution in [3.8, 4) is 17.6 Å². The standard InChI is InChI=1S/C22H24N2O3/c1-4-5-17(21(25)26)19-14-23-13-16(24-19)8-6-15-7-9-20-18(12-15)22(2,3)10-11-27-20/h7,9,12-14,17H,4-5,10-11H2,1-3H3,(H,25,26). The highest BCUT2D eigenvalue weighted by Gasteiger charge is 2.28. The summed E-state index contributed by atoms with van der Waals surface area (Å²) in [6, 6.07) is 5.96. The maximum atomic E-state index is 11.5. The first-order valence-corrected chi connectivity index (χ1v) is 9.25. The Hall–Kier alpha value is -2.87. The topological polar surface area (TPSA) is 72.3 Å². The highest BCUT2D eigenvalue weighted by molar-refractivity contribution is 5.75. The molecule has 0 saturated carbocycles. The maximum absolute atomic E-state index is 11.5. The number of aliphatic carboxylic acids is 1. The second-order valence-electron chi connectivity index (χ2n) is 7.45. The third-order valence-electron chi connectivity index (χ3n) is 4.91. The third kappa shape index (κ3) is 4.28. The summed E-state index contributed by atoms with van der Waals surface area (Å²) in [6.45, 7) is 7.10. The number of ether oxygens (including phenoxy) is 1. The first-order chi connectivity index (χ1) is 12.9. The van der Waals surface area contributed by atoms with Gasteiger partial charge in [0.15, 0.2) is 0 Å². The highest BCUT2D eigenvalue weighted by atomic mass is 16.5. The molecule has 3 rings (SSSR count). The van der Waals surface area contributed by atoms with E-state index in [0.717, 1.165) is 36.3 Å². The second kappa shape index (κ2) is 7.79. The first-order valence-electron chi connectivity index (χ1n) is 9.25. The van der Waals surface area contributed by atoms with Crippen LogP contribution in [0.4, 0.5) is 0 Å². The van der Waals surface area contributed by atoms with Crippen LogP contribution in [-0.2, 0) is 10.2 Å². The van der Waals surface area contributed by atoms with Crippen molar-refractivity contribution in [3.63, 3.8) is 0 Å². The lowest BCUT2D eigenvalue weighted by atomic mass is 9.79. The molecule has 0 bridgehead atoms. The smallest absolute Gasteiger partial charge is 0.312 e. The molecular formula is C22H24N2O3. The molecule has 1 aromatic carbocycles. The Morgan fingerprint density at radius 2 is 2.15 bits per heavy atom. The zero-order valence-corrected chi connectivity index (χ0v) is 16.0. The molecule has 1 aliphatic rings. The Morgan fingerprint density at radius 3 is 2.89 bits per heavy atom. The van der Waals surface area contributed by atoms with Gasteiger partial charge in [-0.3, -0.25) is 9.78 Å². The van der Waals surface area contributed by atoms with E-state index in [2.05, 4.69) is 41.7 Å². The molecule has 0 aliphatic carbocycles. The lowest BCUT2D eigenvalue weighted by molar-refractivity contribution is -0.139. The molecule has 0 fully saturated rings. The molecule has 1 aromatic heterocycles. The van der Waals surface area contributed by atoms with Crippen molar-refractivity contribution < 1.29 is 14.6 Å². The largest absolute Gasteiger partial charge is 0.493 e. The Bertz CT molecular complexity index is 909. The van der Waals surface area contributed by atoms with E-state index in [1.165, 1.54) is 6.20 Å². The van der Waals surface area contributed by atoms with Crippen molar-refractivity contribution in [1.29, 1.82) is 0 Å². The molecule has 1 aliphatic heterocycles. The number of carboxylic acid groups (broad SMARTS) is 1. The van der Waals surface area contributed by atoms with E-state index < -0.39 is 11.9 Å². The van der Waals surface area contributed by atoms with E-state index in [1.807, 2.05) is 19.1 Å². The summed E-state index contributed by atoms with van der Waals surface area (Å²) in [5, 5.41) is 9.40. The summed E-state index contributed by atoms with van der Waals surface area (Å²) in [6.07, 6.45) is 5.34. The number of hydrogen-bond acceptors (Lipinski definition) is 4. The minimum atomic E-state index is -0.881. The molecule has 0 amide bonds. The number of aromatic nitrogens is 2. The first kappa shape index (κ1) is 18.9. The Kier molecular flexibility index (Phi) is 5.46. The minimum absolute atomic E-state index is 0.0554. The van der Waals surface area contributed by atoms with Gasteiger partial charge in [-0.25, -0.2) is 4.98 Å². The van der Waals surface area contributed by atoms with Crippen molar-refractivity contribution in [1.82, 2.24) is 9.97 Å². The molecule has 0 saturated heterocycles. The van der Waals surface area contributed by atoms with Gasteiger partial charge in [-0.2, -0.15) is 0 Å². The molecule has 5 heteroatoms. The number of rotatable bonds is 4. The quantitative estimate of drug-likeness (QED) is 0.833. The average molecular weight is 364 g/mol. The molecule has 2 aromatic rings. The third-order valence-corrected chi connectivity index (χ3v) is 4.91. The number of benzene rings is 1. The van der Waals surface area contributed by atoms with E-state index >= 15 is 0 Å². The molecular weight excluding hydrogens is 340 g/mol. The fraction of sp³-hybridized carbons (Fsp3) is 0.409. The van der Waals surface area contributed by atoms with E-state index in [-0.39, 0.29) is 5.41 Å². The van der Waals surface area contributed by atoms with Crippen LogP contribution in [0.25, 0.3) is 0 Å². The van der Waals surface area contributed by atoms with E-state index in [4.69, 9.17) is 4.74 Å². The lowest BCUT2D eigenvalue weighted by Crippen LogP contribution is -2.26. The number of carboxylic acids is 1. The van der Waals surface area contributed by atoms with Crippen LogP contribution in [0.15, 0.2) is 30.6 Å². The normalized spacial score (nSPS) is 15.7. The van der Waals surface area contributed by atoms with Crippen LogP contribution in [0.5, 0.6) is 5.75 Å². The van der Waals surface area contributed by atoms with Crippen molar-refractivity contribution in [3.05, 3.63) is 53.1 Å². The van der Waals surface area contributed by atoms with Crippen LogP contribution in [0.2, 0.25) is 0 Å². The predicted molar refractivity (Wildman–Crippen MR) is 103 cm³/mol. The Balaban J connectivity index is 1.88. The van der Waals surface area contributed by atoms with Gasteiger partial charge < -0.3 is 9.84 Å². The molecule has 0 spiro atoms. The summed E-state index contributed by atoms with van der Waals surface area (Å²) >= 11 is 0. The molecule has 27 heavy (non-hydrogen) atoms. The number of hydrogen-bond donors (Lipinski definition) is 1. The van der Waals surface area contributed by atoms with E-state index in [9.17, 15) is 9.90 Å². The summed E-state index contributed by atoms with van der Waals surface area (Å²) in [5.74, 6) is 5.53. The maximum Gasteiger partial charge on any atom is 0.312 e. The molecule has 2 heterocycles. The number of fused-ring (bicyclic) bond motifs is 1. The lowest BCUT2D eigenvalue weighted by Gasteiger charge is -2.32. The van der Waals surface area contributed by atoms with Crippen LogP contribution in [0.3, 0.4) is 0 Å². The van der Waals surface area contributed by atoms with E-state index in [0.29, 0.717) is 17.8 Å². The van der Waals surface area contributed by atoms with Gasteiger partial charge in [0.2, 0.25) is 0 Å². The van der Waals surface area contributed by atoms with Crippen molar-refractivity contribution in [2.45, 2.75) is 51.4 Å². The van der Waals surface area contributed by atoms with Gasteiger partial charge in [0, 0.05) is 17.3 Å². The molecule has 5 nitrogen and oxygen atoms in total. The number of nitrogens with zero attached hydrogens (tertiary/aromatic N) is 2. The fourth-order valence-electron chi connectivity index (χ4n) is 3.25. The van der Waals surface area contributed by atoms with Gasteiger partial charge >= 0.3 is 5.97 Å². The van der Waals surface area contributed by atoms with Gasteiger partial charge in [-0.05, 0) is 42.4 Å². The summed E-state index contributed by atoms with van der Waals surface area (Å²) in [7, 11) is 0. The fourth-order valence-corrected chi connectivity index (χ4v) is 3.25. The van der Waals surface area contributed by atoms with Gasteiger partial charge in [0.25, 0.3) is 0 Å². The van der Waals surface area contributed by atoms with Gasteiger partial charge in [-0.15, -0.1) is 0 Å². The molecule has 140 valence electrons. The average Bonchev–Trinajstić information content (AvgIpc) is 2.64. The zero-order chi connectivity index (χ0) is 19.4. The van der Waals surface area contributed by atoms with Crippen LogP contribution >= 0.6 is 0 Å². The van der Waals surface area contributed by atoms with Crippen molar-refractivity contribution in [2.24, 2.45) is 0 Å². The second-order valence-corrected chi connectivity index (χ2v) is 7.45.